The van der Waals surface area contributed by atoms with Gasteiger partial charge in [-0.15, -0.1) is 0 Å². The Morgan fingerprint density at radius 2 is 1.62 bits per heavy atom. The largest absolute Gasteiger partial charge is 0.393 e. The Bertz CT molecular complexity index is 800. The lowest BCUT2D eigenvalue weighted by molar-refractivity contribution is -0.118. The molecule has 3 heteroatoms. The Kier molecular flexibility index (Phi) is 10.9. The Morgan fingerprint density at radius 3 is 2.26 bits per heavy atom. The van der Waals surface area contributed by atoms with E-state index in [0.29, 0.717) is 17.8 Å². The molecule has 0 spiro atoms. The lowest BCUT2D eigenvalue weighted by atomic mass is 9.51. The second-order valence-corrected chi connectivity index (χ2v) is 11.1. The van der Waals surface area contributed by atoms with Crippen molar-refractivity contribution in [2.24, 2.45) is 28.6 Å². The molecule has 34 heavy (non-hydrogen) atoms. The lowest BCUT2D eigenvalue weighted by Crippen LogP contribution is -2.52. The van der Waals surface area contributed by atoms with E-state index in [9.17, 15) is 10.2 Å². The van der Waals surface area contributed by atoms with Gasteiger partial charge in [0.15, 0.2) is 0 Å². The SMILES string of the molecule is C=C1CCC2[C@H](O)C(C3(C)CCC(O)CC3C/C=C\c3ccc(Cl)cc3)CCC12C.CC.CC. The maximum Gasteiger partial charge on any atom is 0.0610 e. The maximum atomic E-state index is 11.5. The predicted molar refractivity (Wildman–Crippen MR) is 148 cm³/mol. The summed E-state index contributed by atoms with van der Waals surface area (Å²) in [5.41, 5.74) is 2.67. The second-order valence-electron chi connectivity index (χ2n) is 10.6. The summed E-state index contributed by atoms with van der Waals surface area (Å²) < 4.78 is 0. The van der Waals surface area contributed by atoms with Crippen molar-refractivity contribution in [3.63, 3.8) is 0 Å². The third kappa shape index (κ3) is 6.00. The van der Waals surface area contributed by atoms with Gasteiger partial charge in [-0.25, -0.2) is 0 Å². The van der Waals surface area contributed by atoms with E-state index < -0.39 is 0 Å². The number of halogens is 1. The molecule has 192 valence electrons. The van der Waals surface area contributed by atoms with Crippen molar-refractivity contribution in [1.82, 2.24) is 0 Å². The summed E-state index contributed by atoms with van der Waals surface area (Å²) in [6, 6.07) is 7.90. The zero-order chi connectivity index (χ0) is 25.5. The van der Waals surface area contributed by atoms with Gasteiger partial charge in [0.2, 0.25) is 0 Å². The van der Waals surface area contributed by atoms with Gasteiger partial charge in [0.05, 0.1) is 12.2 Å². The molecule has 3 saturated carbocycles. The Balaban J connectivity index is 0.000000970. The molecule has 0 radical (unpaired) electrons. The number of hydrogen-bond acceptors (Lipinski definition) is 2. The molecular weight excluding hydrogens is 440 g/mol. The number of aliphatic hydroxyl groups is 2. The van der Waals surface area contributed by atoms with Crippen LogP contribution in [0.5, 0.6) is 0 Å². The van der Waals surface area contributed by atoms with Crippen molar-refractivity contribution < 1.29 is 10.2 Å². The van der Waals surface area contributed by atoms with Crippen LogP contribution in [0.4, 0.5) is 0 Å². The standard InChI is InChI=1S/C27H37ClO2.2C2H6/c1-18-7-12-23-25(30)24(14-16-26(18,23)2)27(3)15-13-22(29)17-20(27)6-4-5-19-8-10-21(28)11-9-19;2*1-2/h4-5,8-11,20,22-25,29-30H,1,6-7,12-17H2,2-3H3;2*1-2H3/b5-4-;;/t20?,22?,23?,24?,25-,26?,27?;;/m0../s1. The minimum absolute atomic E-state index is 0.0637. The molecule has 4 rings (SSSR count). The lowest BCUT2D eigenvalue weighted by Gasteiger charge is -2.55. The number of aliphatic hydroxyl groups excluding tert-OH is 2. The van der Waals surface area contributed by atoms with Crippen LogP contribution in [-0.4, -0.2) is 22.4 Å². The molecule has 0 aliphatic heterocycles. The van der Waals surface area contributed by atoms with Crippen molar-refractivity contribution in [1.29, 1.82) is 0 Å². The normalized spacial score (nSPS) is 37.3. The molecule has 0 heterocycles. The van der Waals surface area contributed by atoms with Gasteiger partial charge < -0.3 is 10.2 Å². The van der Waals surface area contributed by atoms with Crippen molar-refractivity contribution in [3.8, 4) is 0 Å². The number of rotatable bonds is 4. The van der Waals surface area contributed by atoms with E-state index in [1.54, 1.807) is 0 Å². The summed E-state index contributed by atoms with van der Waals surface area (Å²) >= 11 is 6.00. The average Bonchev–Trinajstić information content (AvgIpc) is 3.15. The van der Waals surface area contributed by atoms with Gasteiger partial charge in [0.25, 0.3) is 0 Å². The summed E-state index contributed by atoms with van der Waals surface area (Å²) in [5.74, 6) is 1.04. The second kappa shape index (κ2) is 12.7. The van der Waals surface area contributed by atoms with Crippen LogP contribution in [0.1, 0.15) is 98.5 Å². The first-order valence-corrected chi connectivity index (χ1v) is 14.1. The minimum Gasteiger partial charge on any atom is -0.393 e. The van der Waals surface area contributed by atoms with Gasteiger partial charge >= 0.3 is 0 Å². The highest BCUT2D eigenvalue weighted by Crippen LogP contribution is 2.61. The van der Waals surface area contributed by atoms with Crippen LogP contribution in [0.25, 0.3) is 6.08 Å². The Hall–Kier alpha value is -1.09. The Labute approximate surface area is 214 Å². The van der Waals surface area contributed by atoms with Gasteiger partial charge in [-0.2, -0.15) is 0 Å². The molecule has 2 N–H and O–H groups in total. The van der Waals surface area contributed by atoms with Crippen LogP contribution < -0.4 is 0 Å². The molecule has 0 aromatic heterocycles. The quantitative estimate of drug-likeness (QED) is 0.416. The van der Waals surface area contributed by atoms with Crippen molar-refractivity contribution >= 4 is 17.7 Å². The maximum absolute atomic E-state index is 11.5. The summed E-state index contributed by atoms with van der Waals surface area (Å²) in [7, 11) is 0. The number of fused-ring (bicyclic) bond motifs is 1. The predicted octanol–water partition coefficient (Wildman–Crippen LogP) is 8.71. The highest BCUT2D eigenvalue weighted by molar-refractivity contribution is 6.30. The first-order chi connectivity index (χ1) is 16.2. The van der Waals surface area contributed by atoms with Gasteiger partial charge in [0.1, 0.15) is 0 Å². The third-order valence-electron chi connectivity index (χ3n) is 9.14. The summed E-state index contributed by atoms with van der Waals surface area (Å²) in [4.78, 5) is 0. The summed E-state index contributed by atoms with van der Waals surface area (Å²) in [6.45, 7) is 17.1. The third-order valence-corrected chi connectivity index (χ3v) is 9.39. The molecule has 6 unspecified atom stereocenters. The van der Waals surface area contributed by atoms with E-state index in [0.717, 1.165) is 62.0 Å². The summed E-state index contributed by atoms with van der Waals surface area (Å²) in [6.07, 6.45) is 11.9. The molecule has 2 nitrogen and oxygen atoms in total. The van der Waals surface area contributed by atoms with E-state index in [2.05, 4.69) is 32.6 Å². The monoisotopic (exact) mass is 488 g/mol. The first-order valence-electron chi connectivity index (χ1n) is 13.7. The molecule has 1 aromatic rings. The van der Waals surface area contributed by atoms with E-state index in [-0.39, 0.29) is 23.0 Å². The van der Waals surface area contributed by atoms with Crippen LogP contribution in [0.3, 0.4) is 0 Å². The molecule has 0 saturated heterocycles. The molecule has 3 aliphatic carbocycles. The molecule has 7 atom stereocenters. The van der Waals surface area contributed by atoms with E-state index in [1.807, 2.05) is 52.0 Å². The van der Waals surface area contributed by atoms with Crippen LogP contribution in [0.15, 0.2) is 42.5 Å². The van der Waals surface area contributed by atoms with E-state index >= 15 is 0 Å². The summed E-state index contributed by atoms with van der Waals surface area (Å²) in [5, 5.41) is 22.7. The van der Waals surface area contributed by atoms with Crippen molar-refractivity contribution in [2.45, 2.75) is 105 Å². The van der Waals surface area contributed by atoms with Crippen LogP contribution in [-0.2, 0) is 0 Å². The average molecular weight is 489 g/mol. The van der Waals surface area contributed by atoms with Crippen molar-refractivity contribution in [3.05, 3.63) is 53.1 Å². The fourth-order valence-corrected chi connectivity index (χ4v) is 7.05. The smallest absolute Gasteiger partial charge is 0.0610 e. The molecule has 0 amide bonds. The van der Waals surface area contributed by atoms with Crippen LogP contribution >= 0.6 is 11.6 Å². The van der Waals surface area contributed by atoms with Crippen LogP contribution in [0, 0.1) is 28.6 Å². The number of allylic oxidation sites excluding steroid dienone is 2. The minimum atomic E-state index is -0.258. The van der Waals surface area contributed by atoms with E-state index in [4.69, 9.17) is 11.6 Å². The number of benzene rings is 1. The molecule has 3 fully saturated rings. The van der Waals surface area contributed by atoms with Gasteiger partial charge in [-0.1, -0.05) is 89.6 Å². The van der Waals surface area contributed by atoms with Crippen LogP contribution in [0.2, 0.25) is 5.02 Å². The van der Waals surface area contributed by atoms with E-state index in [1.165, 1.54) is 5.57 Å². The molecule has 3 aliphatic rings. The first kappa shape index (κ1) is 29.1. The molecule has 0 bridgehead atoms. The van der Waals surface area contributed by atoms with Gasteiger partial charge in [-0.05, 0) is 97.6 Å². The topological polar surface area (TPSA) is 40.5 Å². The zero-order valence-electron chi connectivity index (χ0n) is 22.5. The Morgan fingerprint density at radius 1 is 0.971 bits per heavy atom. The fourth-order valence-electron chi connectivity index (χ4n) is 6.93. The van der Waals surface area contributed by atoms with Gasteiger partial charge in [-0.3, -0.25) is 0 Å². The molecular formula is C31H49ClO2. The highest BCUT2D eigenvalue weighted by atomic mass is 35.5. The fraction of sp³-hybridized carbons (Fsp3) is 0.677. The highest BCUT2D eigenvalue weighted by Gasteiger charge is 2.56. The number of hydrogen-bond donors (Lipinski definition) is 2. The van der Waals surface area contributed by atoms with Crippen molar-refractivity contribution in [2.75, 3.05) is 0 Å². The zero-order valence-corrected chi connectivity index (χ0v) is 23.2. The van der Waals surface area contributed by atoms with Gasteiger partial charge in [0, 0.05) is 5.02 Å². The molecule has 1 aromatic carbocycles.